The predicted molar refractivity (Wildman–Crippen MR) is 130 cm³/mol. The molecule has 0 radical (unpaired) electrons. The minimum Gasteiger partial charge on any atom is -0.495 e. The fraction of sp³-hybridized carbons (Fsp3) is 0.208. The summed E-state index contributed by atoms with van der Waals surface area (Å²) in [6.07, 6.45) is 5.99. The Morgan fingerprint density at radius 2 is 1.91 bits per heavy atom. The number of anilines is 3. The normalized spacial score (nSPS) is 11.0. The van der Waals surface area contributed by atoms with Gasteiger partial charge in [0.15, 0.2) is 5.78 Å². The van der Waals surface area contributed by atoms with E-state index in [1.54, 1.807) is 24.4 Å². The van der Waals surface area contributed by atoms with E-state index in [-0.39, 0.29) is 23.2 Å². The van der Waals surface area contributed by atoms with Crippen LogP contribution in [0.3, 0.4) is 0 Å². The molecule has 10 heteroatoms. The molecular weight excluding hydrogens is 434 g/mol. The topological polar surface area (TPSA) is 137 Å². The summed E-state index contributed by atoms with van der Waals surface area (Å²) in [7, 11) is 1.53. The van der Waals surface area contributed by atoms with Crippen molar-refractivity contribution in [2.24, 2.45) is 0 Å². The van der Waals surface area contributed by atoms with Gasteiger partial charge in [-0.15, -0.1) is 0 Å². The maximum absolute atomic E-state index is 13.4. The molecule has 4 rings (SSSR count). The first-order valence-corrected chi connectivity index (χ1v) is 10.6. The number of nitrogens with two attached hydrogens (primary N) is 1. The molecule has 0 saturated heterocycles. The van der Waals surface area contributed by atoms with E-state index in [0.29, 0.717) is 33.7 Å². The van der Waals surface area contributed by atoms with Crippen molar-refractivity contribution in [3.05, 3.63) is 65.9 Å². The van der Waals surface area contributed by atoms with Crippen molar-refractivity contribution < 1.29 is 14.3 Å². The molecule has 1 aromatic carbocycles. The number of urea groups is 1. The number of carbonyl (C=O) groups is 2. The number of fused-ring (bicyclic) bond motifs is 1. The number of benzene rings is 1. The summed E-state index contributed by atoms with van der Waals surface area (Å²) >= 11 is 0. The monoisotopic (exact) mass is 459 g/mol. The average molecular weight is 460 g/mol. The summed E-state index contributed by atoms with van der Waals surface area (Å²) < 4.78 is 7.17. The molecule has 0 bridgehead atoms. The van der Waals surface area contributed by atoms with Crippen LogP contribution in [-0.4, -0.2) is 38.4 Å². The largest absolute Gasteiger partial charge is 0.495 e. The van der Waals surface area contributed by atoms with E-state index in [2.05, 4.69) is 25.6 Å². The van der Waals surface area contributed by atoms with Gasteiger partial charge < -0.3 is 25.7 Å². The number of nitrogens with zero attached hydrogens (tertiary/aromatic N) is 4. The zero-order chi connectivity index (χ0) is 24.4. The zero-order valence-corrected chi connectivity index (χ0v) is 19.3. The van der Waals surface area contributed by atoms with Crippen molar-refractivity contribution in [2.75, 3.05) is 23.5 Å². The molecule has 34 heavy (non-hydrogen) atoms. The number of hydrogen-bond acceptors (Lipinski definition) is 7. The molecule has 4 N–H and O–H groups in total. The highest BCUT2D eigenvalue weighted by atomic mass is 16.5. The molecule has 0 aliphatic heterocycles. The lowest BCUT2D eigenvalue weighted by atomic mass is 10.1. The van der Waals surface area contributed by atoms with Gasteiger partial charge in [-0.2, -0.15) is 0 Å². The number of amides is 2. The van der Waals surface area contributed by atoms with Crippen LogP contribution in [0.4, 0.5) is 22.0 Å². The molecule has 4 aromatic rings. The van der Waals surface area contributed by atoms with Crippen LogP contribution in [-0.2, 0) is 0 Å². The van der Waals surface area contributed by atoms with Gasteiger partial charge in [0.1, 0.15) is 23.5 Å². The third-order valence-electron chi connectivity index (χ3n) is 5.30. The Morgan fingerprint density at radius 3 is 2.65 bits per heavy atom. The van der Waals surface area contributed by atoms with Gasteiger partial charge >= 0.3 is 6.03 Å². The van der Waals surface area contributed by atoms with Gasteiger partial charge in [0.25, 0.3) is 0 Å². The van der Waals surface area contributed by atoms with Gasteiger partial charge in [0, 0.05) is 24.0 Å². The molecule has 3 aromatic heterocycles. The van der Waals surface area contributed by atoms with Crippen molar-refractivity contribution in [3.8, 4) is 5.75 Å². The van der Waals surface area contributed by atoms with E-state index in [9.17, 15) is 9.59 Å². The number of carbonyl (C=O) groups excluding carboxylic acids is 2. The van der Waals surface area contributed by atoms with Crippen LogP contribution in [0, 0.1) is 6.92 Å². The van der Waals surface area contributed by atoms with Crippen LogP contribution < -0.4 is 21.1 Å². The number of ether oxygens (including phenoxy) is 1. The molecule has 0 spiro atoms. The summed E-state index contributed by atoms with van der Waals surface area (Å²) in [5.74, 6) is 0.452. The van der Waals surface area contributed by atoms with Crippen LogP contribution in [0.15, 0.2) is 49.2 Å². The Labute approximate surface area is 196 Å². The molecule has 0 fully saturated rings. The zero-order valence-electron chi connectivity index (χ0n) is 19.3. The standard InChI is InChI=1S/C24H25N7O3/c1-13(2)31-11-17(20-22(25)27-12-28-23(20)31)21(32)15-8-16(10-26-9-15)29-24(33)30-18-7-14(3)5-6-19(18)34-4/h5-13H,1-4H3,(H2,25,27,28)(H2,29,30,33). The first kappa shape index (κ1) is 22.7. The maximum atomic E-state index is 13.4. The number of nitrogen functional groups attached to an aromatic ring is 1. The van der Waals surface area contributed by atoms with Crippen molar-refractivity contribution in [2.45, 2.75) is 26.8 Å². The Bertz CT molecular complexity index is 1390. The summed E-state index contributed by atoms with van der Waals surface area (Å²) in [5, 5.41) is 5.95. The second kappa shape index (κ2) is 9.18. The number of pyridine rings is 1. The minimum atomic E-state index is -0.496. The number of nitrogens with one attached hydrogen (secondary N) is 2. The van der Waals surface area contributed by atoms with Crippen LogP contribution >= 0.6 is 0 Å². The molecule has 0 aliphatic rings. The minimum absolute atomic E-state index is 0.0618. The summed E-state index contributed by atoms with van der Waals surface area (Å²) in [6.45, 7) is 5.88. The Morgan fingerprint density at radius 1 is 1.12 bits per heavy atom. The lowest BCUT2D eigenvalue weighted by Gasteiger charge is -2.12. The van der Waals surface area contributed by atoms with E-state index in [1.165, 1.54) is 25.8 Å². The fourth-order valence-corrected chi connectivity index (χ4v) is 3.67. The number of hydrogen-bond donors (Lipinski definition) is 3. The van der Waals surface area contributed by atoms with Crippen LogP contribution in [0.5, 0.6) is 5.75 Å². The maximum Gasteiger partial charge on any atom is 0.323 e. The van der Waals surface area contributed by atoms with Gasteiger partial charge in [-0.05, 0) is 44.5 Å². The van der Waals surface area contributed by atoms with E-state index in [4.69, 9.17) is 10.5 Å². The first-order valence-electron chi connectivity index (χ1n) is 10.6. The van der Waals surface area contributed by atoms with E-state index in [1.807, 2.05) is 31.4 Å². The summed E-state index contributed by atoms with van der Waals surface area (Å²) in [6, 6.07) is 6.58. The molecule has 2 amide bonds. The lowest BCUT2D eigenvalue weighted by molar-refractivity contribution is 0.103. The lowest BCUT2D eigenvalue weighted by Crippen LogP contribution is -2.20. The second-order valence-electron chi connectivity index (χ2n) is 8.08. The number of rotatable bonds is 6. The van der Waals surface area contributed by atoms with Crippen LogP contribution in [0.2, 0.25) is 0 Å². The number of aromatic nitrogens is 4. The predicted octanol–water partition coefficient (Wildman–Crippen LogP) is 4.18. The van der Waals surface area contributed by atoms with E-state index >= 15 is 0 Å². The van der Waals surface area contributed by atoms with Gasteiger partial charge in [0.2, 0.25) is 0 Å². The van der Waals surface area contributed by atoms with Gasteiger partial charge in [-0.3, -0.25) is 9.78 Å². The smallest absolute Gasteiger partial charge is 0.323 e. The molecule has 0 saturated carbocycles. The first-order chi connectivity index (χ1) is 16.3. The quantitative estimate of drug-likeness (QED) is 0.368. The van der Waals surface area contributed by atoms with Crippen molar-refractivity contribution in [3.63, 3.8) is 0 Å². The third-order valence-corrected chi connectivity index (χ3v) is 5.30. The van der Waals surface area contributed by atoms with Crippen LogP contribution in [0.1, 0.15) is 41.4 Å². The van der Waals surface area contributed by atoms with E-state index in [0.717, 1.165) is 5.56 Å². The van der Waals surface area contributed by atoms with Gasteiger partial charge in [-0.25, -0.2) is 14.8 Å². The number of ketones is 1. The van der Waals surface area contributed by atoms with E-state index < -0.39 is 6.03 Å². The van der Waals surface area contributed by atoms with Crippen molar-refractivity contribution >= 4 is 40.0 Å². The SMILES string of the molecule is COc1ccc(C)cc1NC(=O)Nc1cncc(C(=O)c2cn(C(C)C)c3ncnc(N)c23)c1. The molecule has 0 atom stereocenters. The highest BCUT2D eigenvalue weighted by molar-refractivity contribution is 6.18. The van der Waals surface area contributed by atoms with Crippen LogP contribution in [0.25, 0.3) is 11.0 Å². The average Bonchev–Trinajstić information content (AvgIpc) is 3.20. The van der Waals surface area contributed by atoms with Crippen molar-refractivity contribution in [1.82, 2.24) is 19.5 Å². The number of methoxy groups -OCH3 is 1. The highest BCUT2D eigenvalue weighted by Gasteiger charge is 2.22. The Kier molecular flexibility index (Phi) is 6.13. The Hall–Kier alpha value is -4.47. The van der Waals surface area contributed by atoms with Gasteiger partial charge in [-0.1, -0.05) is 6.07 Å². The fourth-order valence-electron chi connectivity index (χ4n) is 3.67. The molecule has 3 heterocycles. The summed E-state index contributed by atoms with van der Waals surface area (Å²) in [5.41, 5.74) is 9.17. The highest BCUT2D eigenvalue weighted by Crippen LogP contribution is 2.29. The molecule has 10 nitrogen and oxygen atoms in total. The summed E-state index contributed by atoms with van der Waals surface area (Å²) in [4.78, 5) is 38.4. The molecule has 0 aliphatic carbocycles. The molecule has 174 valence electrons. The van der Waals surface area contributed by atoms with Crippen molar-refractivity contribution in [1.29, 1.82) is 0 Å². The number of aryl methyl sites for hydroxylation is 1. The molecular formula is C24H25N7O3. The third kappa shape index (κ3) is 4.38. The second-order valence-corrected chi connectivity index (χ2v) is 8.08. The van der Waals surface area contributed by atoms with Gasteiger partial charge in [0.05, 0.1) is 35.6 Å². The molecule has 0 unspecified atom stereocenters. The Balaban J connectivity index is 1.61.